The van der Waals surface area contributed by atoms with E-state index in [0.29, 0.717) is 0 Å². The first-order valence-corrected chi connectivity index (χ1v) is 9.17. The highest BCUT2D eigenvalue weighted by atomic mass is 32.1. The summed E-state index contributed by atoms with van der Waals surface area (Å²) in [4.78, 5) is 16.9. The fraction of sp³-hybridized carbons (Fsp3) is 0.389. The number of hydrogen-bond donors (Lipinski definition) is 3. The molecule has 0 aliphatic carbocycles. The molecule has 2 heterocycles. The Labute approximate surface area is 141 Å². The Kier molecular flexibility index (Phi) is 5.43. The van der Waals surface area contributed by atoms with Gasteiger partial charge in [0.05, 0.1) is 4.88 Å². The lowest BCUT2D eigenvalue weighted by molar-refractivity contribution is -1.02. The molecular weight excluding hydrogens is 306 g/mol. The van der Waals surface area contributed by atoms with E-state index in [1.165, 1.54) is 9.78 Å². The number of quaternary nitrogens is 2. The minimum Gasteiger partial charge on any atom is -0.321 e. The number of carbonyl (C=O) groups excluding carboxylic acids is 1. The van der Waals surface area contributed by atoms with E-state index in [0.717, 1.165) is 38.4 Å². The molecule has 1 aliphatic rings. The molecule has 3 rings (SSSR count). The van der Waals surface area contributed by atoms with Gasteiger partial charge in [-0.1, -0.05) is 24.3 Å². The summed E-state index contributed by atoms with van der Waals surface area (Å²) in [6.07, 6.45) is 0. The molecule has 3 N–H and O–H groups in total. The van der Waals surface area contributed by atoms with E-state index in [9.17, 15) is 4.79 Å². The first kappa shape index (κ1) is 16.2. The molecule has 23 heavy (non-hydrogen) atoms. The Morgan fingerprint density at radius 3 is 2.52 bits per heavy atom. The van der Waals surface area contributed by atoms with Crippen LogP contribution >= 0.6 is 11.3 Å². The molecule has 1 aromatic heterocycles. The Hall–Kier alpha value is -1.69. The van der Waals surface area contributed by atoms with Crippen molar-refractivity contribution in [2.45, 2.75) is 19.5 Å². The molecule has 0 bridgehead atoms. The standard InChI is InChI=1S/C18H23N3OS/c1-15(18(22)19-16-6-3-2-4-7-16)21-11-9-20(10-12-21)14-17-8-5-13-23-17/h2-8,13,15H,9-12,14H2,1H3,(H,19,22)/p+2/t15-/m1/s1. The summed E-state index contributed by atoms with van der Waals surface area (Å²) in [5.41, 5.74) is 0.880. The van der Waals surface area contributed by atoms with Gasteiger partial charge in [0.15, 0.2) is 6.04 Å². The van der Waals surface area contributed by atoms with Crippen molar-refractivity contribution in [2.75, 3.05) is 31.5 Å². The molecule has 4 nitrogen and oxygen atoms in total. The molecular formula is C18H25N3OS+2. The second kappa shape index (κ2) is 7.73. The number of hydrogen-bond acceptors (Lipinski definition) is 2. The van der Waals surface area contributed by atoms with Crippen LogP contribution in [0.5, 0.6) is 0 Å². The highest BCUT2D eigenvalue weighted by molar-refractivity contribution is 7.09. The minimum atomic E-state index is -0.00139. The van der Waals surface area contributed by atoms with Crippen LogP contribution in [0.15, 0.2) is 47.8 Å². The summed E-state index contributed by atoms with van der Waals surface area (Å²) < 4.78 is 0. The summed E-state index contributed by atoms with van der Waals surface area (Å²) in [5.74, 6) is 0.118. The molecule has 0 unspecified atom stereocenters. The Morgan fingerprint density at radius 1 is 1.13 bits per heavy atom. The Balaban J connectivity index is 1.47. The van der Waals surface area contributed by atoms with Gasteiger partial charge in [0.1, 0.15) is 32.7 Å². The number of thiophene rings is 1. The van der Waals surface area contributed by atoms with E-state index in [1.54, 1.807) is 4.90 Å². The molecule has 2 aromatic rings. The SMILES string of the molecule is C[C@H](C(=O)Nc1ccccc1)[NH+]1CC[NH+](Cc2cccs2)CC1. The molecule has 5 heteroatoms. The molecule has 1 atom stereocenters. The lowest BCUT2D eigenvalue weighted by Gasteiger charge is -2.32. The zero-order valence-electron chi connectivity index (χ0n) is 13.5. The lowest BCUT2D eigenvalue weighted by atomic mass is 10.2. The van der Waals surface area contributed by atoms with Crippen LogP contribution in [0.2, 0.25) is 0 Å². The highest BCUT2D eigenvalue weighted by Gasteiger charge is 2.31. The van der Waals surface area contributed by atoms with E-state index in [1.807, 2.05) is 48.6 Å². The van der Waals surface area contributed by atoms with E-state index >= 15 is 0 Å². The average Bonchev–Trinajstić information content (AvgIpc) is 3.09. The second-order valence-corrected chi connectivity index (χ2v) is 7.27. The normalized spacial score (nSPS) is 22.5. The van der Waals surface area contributed by atoms with Crippen LogP contribution in [0.1, 0.15) is 11.8 Å². The second-order valence-electron chi connectivity index (χ2n) is 6.24. The van der Waals surface area contributed by atoms with Crippen LogP contribution in [0.25, 0.3) is 0 Å². The zero-order chi connectivity index (χ0) is 16.1. The predicted molar refractivity (Wildman–Crippen MR) is 94.0 cm³/mol. The monoisotopic (exact) mass is 331 g/mol. The minimum absolute atomic E-state index is 0.00139. The molecule has 1 amide bonds. The van der Waals surface area contributed by atoms with Crippen LogP contribution in [-0.4, -0.2) is 38.1 Å². The highest BCUT2D eigenvalue weighted by Crippen LogP contribution is 2.06. The molecule has 1 aliphatic heterocycles. The fourth-order valence-electron chi connectivity index (χ4n) is 3.15. The van der Waals surface area contributed by atoms with E-state index in [4.69, 9.17) is 0 Å². The molecule has 1 saturated heterocycles. The van der Waals surface area contributed by atoms with Crippen LogP contribution in [0.3, 0.4) is 0 Å². The Morgan fingerprint density at radius 2 is 1.87 bits per heavy atom. The number of rotatable bonds is 5. The zero-order valence-corrected chi connectivity index (χ0v) is 14.4. The summed E-state index contributed by atoms with van der Waals surface area (Å²) in [7, 11) is 0. The number of nitrogens with one attached hydrogen (secondary N) is 3. The molecule has 122 valence electrons. The predicted octanol–water partition coefficient (Wildman–Crippen LogP) is 0.0587. The van der Waals surface area contributed by atoms with Gasteiger partial charge >= 0.3 is 0 Å². The third-order valence-corrected chi connectivity index (χ3v) is 5.53. The van der Waals surface area contributed by atoms with Crippen molar-refractivity contribution >= 4 is 22.9 Å². The van der Waals surface area contributed by atoms with E-state index in [-0.39, 0.29) is 11.9 Å². The number of piperazine rings is 1. The van der Waals surface area contributed by atoms with Crippen LogP contribution in [-0.2, 0) is 11.3 Å². The van der Waals surface area contributed by atoms with Crippen molar-refractivity contribution in [3.8, 4) is 0 Å². The number of amides is 1. The molecule has 1 aromatic carbocycles. The van der Waals surface area contributed by atoms with Gasteiger partial charge in [-0.25, -0.2) is 0 Å². The number of benzene rings is 1. The van der Waals surface area contributed by atoms with Gasteiger partial charge in [0, 0.05) is 5.69 Å². The topological polar surface area (TPSA) is 38.0 Å². The van der Waals surface area contributed by atoms with Crippen molar-refractivity contribution in [2.24, 2.45) is 0 Å². The largest absolute Gasteiger partial charge is 0.321 e. The van der Waals surface area contributed by atoms with Crippen molar-refractivity contribution in [1.82, 2.24) is 0 Å². The van der Waals surface area contributed by atoms with Gasteiger partial charge in [-0.05, 0) is 30.5 Å². The van der Waals surface area contributed by atoms with Gasteiger partial charge in [-0.3, -0.25) is 4.79 Å². The van der Waals surface area contributed by atoms with Crippen LogP contribution in [0.4, 0.5) is 5.69 Å². The average molecular weight is 331 g/mol. The first-order chi connectivity index (χ1) is 11.2. The van der Waals surface area contributed by atoms with Crippen molar-refractivity contribution < 1.29 is 14.6 Å². The maximum atomic E-state index is 12.4. The maximum Gasteiger partial charge on any atom is 0.282 e. The first-order valence-electron chi connectivity index (χ1n) is 8.29. The van der Waals surface area contributed by atoms with Crippen LogP contribution < -0.4 is 15.1 Å². The quantitative estimate of drug-likeness (QED) is 0.712. The lowest BCUT2D eigenvalue weighted by Crippen LogP contribution is -3.29. The summed E-state index contributed by atoms with van der Waals surface area (Å²) in [6.45, 7) is 7.55. The van der Waals surface area contributed by atoms with Crippen molar-refractivity contribution in [3.63, 3.8) is 0 Å². The smallest absolute Gasteiger partial charge is 0.282 e. The van der Waals surface area contributed by atoms with Gasteiger partial charge in [0.2, 0.25) is 0 Å². The number of para-hydroxylation sites is 1. The third kappa shape index (κ3) is 4.41. The molecule has 0 radical (unpaired) electrons. The molecule has 1 fully saturated rings. The molecule has 0 saturated carbocycles. The van der Waals surface area contributed by atoms with Gasteiger partial charge in [-0.15, -0.1) is 11.3 Å². The maximum absolute atomic E-state index is 12.4. The van der Waals surface area contributed by atoms with Gasteiger partial charge in [0.25, 0.3) is 5.91 Å². The Bertz CT molecular complexity index is 606. The third-order valence-electron chi connectivity index (χ3n) is 4.65. The number of carbonyl (C=O) groups is 1. The summed E-state index contributed by atoms with van der Waals surface area (Å²) in [6, 6.07) is 14.0. The fourth-order valence-corrected chi connectivity index (χ4v) is 3.93. The van der Waals surface area contributed by atoms with E-state index < -0.39 is 0 Å². The van der Waals surface area contributed by atoms with Crippen molar-refractivity contribution in [3.05, 3.63) is 52.7 Å². The van der Waals surface area contributed by atoms with Gasteiger partial charge in [-0.2, -0.15) is 0 Å². The summed E-state index contributed by atoms with van der Waals surface area (Å²) in [5, 5.41) is 5.17. The molecule has 0 spiro atoms. The summed E-state index contributed by atoms with van der Waals surface area (Å²) >= 11 is 1.84. The van der Waals surface area contributed by atoms with E-state index in [2.05, 4.69) is 22.8 Å². The van der Waals surface area contributed by atoms with Gasteiger partial charge < -0.3 is 15.1 Å². The van der Waals surface area contributed by atoms with Crippen molar-refractivity contribution in [1.29, 1.82) is 0 Å². The van der Waals surface area contributed by atoms with Crippen LogP contribution in [0, 0.1) is 0 Å². The number of anilines is 1.